The highest BCUT2D eigenvalue weighted by molar-refractivity contribution is 5.86. The molecule has 2 aromatic heterocycles. The fourth-order valence-corrected chi connectivity index (χ4v) is 2.77. The number of nitrogens with one attached hydrogen (secondary N) is 2. The first-order chi connectivity index (χ1) is 13.7. The highest BCUT2D eigenvalue weighted by atomic mass is 16.5. The normalized spacial score (nSPS) is 11.5. The highest BCUT2D eigenvalue weighted by Gasteiger charge is 2.08. The molecule has 0 aliphatic carbocycles. The van der Waals surface area contributed by atoms with Gasteiger partial charge in [0.1, 0.15) is 24.5 Å². The Labute approximate surface area is 164 Å². The minimum atomic E-state index is 0.583. The summed E-state index contributed by atoms with van der Waals surface area (Å²) in [5, 5.41) is 11.8. The van der Waals surface area contributed by atoms with Crippen LogP contribution in [0.25, 0.3) is 11.0 Å². The number of hydrogen-bond donors (Lipinski definition) is 2. The Morgan fingerprint density at radius 3 is 2.82 bits per heavy atom. The van der Waals surface area contributed by atoms with Crippen LogP contribution < -0.4 is 15.4 Å². The van der Waals surface area contributed by atoms with Crippen molar-refractivity contribution >= 4 is 22.8 Å². The lowest BCUT2D eigenvalue weighted by molar-refractivity contribution is 0.281. The number of ether oxygens (including phenoxy) is 1. The summed E-state index contributed by atoms with van der Waals surface area (Å²) in [6, 6.07) is 9.79. The molecule has 2 heterocycles. The molecule has 9 heteroatoms. The Bertz CT molecular complexity index is 909. The zero-order valence-electron chi connectivity index (χ0n) is 16.5. The molecule has 0 aliphatic heterocycles. The van der Waals surface area contributed by atoms with Gasteiger partial charge in [-0.1, -0.05) is 18.2 Å². The predicted octanol–water partition coefficient (Wildman–Crippen LogP) is 1.36. The topological polar surface area (TPSA) is 92.5 Å². The highest BCUT2D eigenvalue weighted by Crippen LogP contribution is 2.17. The second-order valence-corrected chi connectivity index (χ2v) is 6.21. The zero-order valence-corrected chi connectivity index (χ0v) is 16.5. The first kappa shape index (κ1) is 19.4. The van der Waals surface area contributed by atoms with Gasteiger partial charge in [-0.3, -0.25) is 9.67 Å². The average Bonchev–Trinajstić information content (AvgIpc) is 3.10. The van der Waals surface area contributed by atoms with Crippen LogP contribution in [0.15, 0.2) is 47.8 Å². The molecule has 0 bridgehead atoms. The smallest absolute Gasteiger partial charge is 0.193 e. The number of benzene rings is 1. The zero-order chi connectivity index (χ0) is 19.8. The number of aliphatic imine (C=N–C) groups is 1. The lowest BCUT2D eigenvalue weighted by Crippen LogP contribution is -2.42. The molecule has 148 valence electrons. The fourth-order valence-electron chi connectivity index (χ4n) is 2.77. The van der Waals surface area contributed by atoms with E-state index in [9.17, 15) is 0 Å². The van der Waals surface area contributed by atoms with E-state index < -0.39 is 0 Å². The molecule has 28 heavy (non-hydrogen) atoms. The van der Waals surface area contributed by atoms with Gasteiger partial charge < -0.3 is 20.3 Å². The Morgan fingerprint density at radius 2 is 2.04 bits per heavy atom. The van der Waals surface area contributed by atoms with Gasteiger partial charge in [-0.15, -0.1) is 0 Å². The summed E-state index contributed by atoms with van der Waals surface area (Å²) >= 11 is 0. The van der Waals surface area contributed by atoms with Gasteiger partial charge in [0, 0.05) is 34.2 Å². The predicted molar refractivity (Wildman–Crippen MR) is 111 cm³/mol. The summed E-state index contributed by atoms with van der Waals surface area (Å²) in [7, 11) is 5.62. The van der Waals surface area contributed by atoms with Crippen LogP contribution in [0.2, 0.25) is 0 Å². The van der Waals surface area contributed by atoms with E-state index >= 15 is 0 Å². The number of aromatic nitrogens is 4. The molecule has 0 spiro atoms. The maximum absolute atomic E-state index is 5.74. The molecule has 0 atom stereocenters. The molecule has 0 radical (unpaired) electrons. The largest absolute Gasteiger partial charge is 0.492 e. The average molecular weight is 382 g/mol. The second kappa shape index (κ2) is 9.54. The van der Waals surface area contributed by atoms with Crippen molar-refractivity contribution in [2.45, 2.75) is 0 Å². The number of likely N-dealkylation sites (N-methyl/N-ethyl adjacent to an activating group) is 1. The van der Waals surface area contributed by atoms with Gasteiger partial charge in [-0.2, -0.15) is 5.10 Å². The van der Waals surface area contributed by atoms with Crippen LogP contribution in [-0.2, 0) is 7.05 Å². The Morgan fingerprint density at radius 1 is 1.21 bits per heavy atom. The third-order valence-electron chi connectivity index (χ3n) is 4.24. The third kappa shape index (κ3) is 4.87. The molecule has 0 amide bonds. The molecule has 0 fully saturated rings. The van der Waals surface area contributed by atoms with Crippen LogP contribution in [0, 0.1) is 0 Å². The summed E-state index contributed by atoms with van der Waals surface area (Å²) in [6.07, 6.45) is 3.31. The van der Waals surface area contributed by atoms with Gasteiger partial charge in [0.25, 0.3) is 0 Å². The van der Waals surface area contributed by atoms with Crippen LogP contribution in [-0.4, -0.2) is 70.9 Å². The number of nitrogens with zero attached hydrogens (tertiary/aromatic N) is 6. The number of fused-ring (bicyclic) bond motifs is 1. The molecular weight excluding hydrogens is 356 g/mol. The standard InChI is InChI=1S/C19H26N8O/c1-20-19(26(2)11-12-28-15-7-5-4-6-8-15)22-10-9-21-17-16-13-25-27(3)18(16)24-14-23-17/h4-8,13-14H,9-12H2,1-3H3,(H,20,22)(H,21,23,24). The summed E-state index contributed by atoms with van der Waals surface area (Å²) < 4.78 is 7.47. The van der Waals surface area contributed by atoms with Crippen molar-refractivity contribution in [1.29, 1.82) is 0 Å². The SMILES string of the molecule is CN=C(NCCNc1ncnc2c1cnn2C)N(C)CCOc1ccccc1. The van der Waals surface area contributed by atoms with Crippen molar-refractivity contribution in [1.82, 2.24) is 30.0 Å². The molecule has 9 nitrogen and oxygen atoms in total. The Kier molecular flexibility index (Phi) is 6.61. The number of para-hydroxylation sites is 1. The molecule has 0 aliphatic rings. The van der Waals surface area contributed by atoms with Crippen molar-refractivity contribution < 1.29 is 4.74 Å². The fraction of sp³-hybridized carbons (Fsp3) is 0.368. The molecular formula is C19H26N8O. The summed E-state index contributed by atoms with van der Waals surface area (Å²) in [4.78, 5) is 14.9. The van der Waals surface area contributed by atoms with Crippen molar-refractivity contribution in [3.8, 4) is 5.75 Å². The summed E-state index contributed by atoms with van der Waals surface area (Å²) in [5.74, 6) is 2.46. The second-order valence-electron chi connectivity index (χ2n) is 6.21. The number of guanidine groups is 1. The quantitative estimate of drug-likeness (QED) is 0.345. The van der Waals surface area contributed by atoms with E-state index in [1.165, 1.54) is 0 Å². The van der Waals surface area contributed by atoms with Crippen LogP contribution >= 0.6 is 0 Å². The van der Waals surface area contributed by atoms with Gasteiger partial charge in [0.2, 0.25) is 0 Å². The molecule has 2 N–H and O–H groups in total. The van der Waals surface area contributed by atoms with Crippen LogP contribution in [0.4, 0.5) is 5.82 Å². The first-order valence-electron chi connectivity index (χ1n) is 9.15. The Hall–Kier alpha value is -3.36. The van der Waals surface area contributed by atoms with Gasteiger partial charge in [0.05, 0.1) is 18.1 Å². The number of rotatable bonds is 8. The van der Waals surface area contributed by atoms with Crippen molar-refractivity contribution in [2.24, 2.45) is 12.0 Å². The molecule has 0 saturated heterocycles. The number of hydrogen-bond acceptors (Lipinski definition) is 6. The minimum absolute atomic E-state index is 0.583. The van der Waals surface area contributed by atoms with E-state index in [4.69, 9.17) is 4.74 Å². The molecule has 1 aromatic carbocycles. The van der Waals surface area contributed by atoms with E-state index in [1.807, 2.05) is 49.3 Å². The first-order valence-corrected chi connectivity index (χ1v) is 9.15. The summed E-state index contributed by atoms with van der Waals surface area (Å²) in [5.41, 5.74) is 0.805. The monoisotopic (exact) mass is 382 g/mol. The van der Waals surface area contributed by atoms with Crippen molar-refractivity contribution in [3.05, 3.63) is 42.9 Å². The molecule has 0 saturated carbocycles. The van der Waals surface area contributed by atoms with Crippen molar-refractivity contribution in [2.75, 3.05) is 45.7 Å². The van der Waals surface area contributed by atoms with E-state index in [2.05, 4.69) is 30.7 Å². The van der Waals surface area contributed by atoms with E-state index in [0.29, 0.717) is 19.7 Å². The maximum Gasteiger partial charge on any atom is 0.193 e. The lowest BCUT2D eigenvalue weighted by Gasteiger charge is -2.22. The third-order valence-corrected chi connectivity index (χ3v) is 4.24. The Balaban J connectivity index is 1.42. The van der Waals surface area contributed by atoms with E-state index in [-0.39, 0.29) is 0 Å². The van der Waals surface area contributed by atoms with Crippen LogP contribution in [0.1, 0.15) is 0 Å². The van der Waals surface area contributed by atoms with Gasteiger partial charge in [-0.05, 0) is 12.1 Å². The van der Waals surface area contributed by atoms with Crippen LogP contribution in [0.3, 0.4) is 0 Å². The minimum Gasteiger partial charge on any atom is -0.492 e. The van der Waals surface area contributed by atoms with Crippen molar-refractivity contribution in [3.63, 3.8) is 0 Å². The number of aryl methyl sites for hydroxylation is 1. The van der Waals surface area contributed by atoms with E-state index in [0.717, 1.165) is 35.1 Å². The molecule has 0 unspecified atom stereocenters. The van der Waals surface area contributed by atoms with Gasteiger partial charge in [-0.25, -0.2) is 9.97 Å². The number of anilines is 1. The van der Waals surface area contributed by atoms with E-state index in [1.54, 1.807) is 24.3 Å². The molecule has 3 rings (SSSR count). The van der Waals surface area contributed by atoms with Gasteiger partial charge >= 0.3 is 0 Å². The summed E-state index contributed by atoms with van der Waals surface area (Å²) in [6.45, 7) is 2.69. The maximum atomic E-state index is 5.74. The van der Waals surface area contributed by atoms with Gasteiger partial charge in [0.15, 0.2) is 11.6 Å². The van der Waals surface area contributed by atoms with Crippen LogP contribution in [0.5, 0.6) is 5.75 Å². The molecule has 3 aromatic rings. The lowest BCUT2D eigenvalue weighted by atomic mass is 10.3.